The van der Waals surface area contributed by atoms with Crippen molar-refractivity contribution in [2.24, 2.45) is 11.7 Å². The van der Waals surface area contributed by atoms with Crippen molar-refractivity contribution in [2.75, 3.05) is 0 Å². The molecule has 2 atom stereocenters. The van der Waals surface area contributed by atoms with E-state index in [0.29, 0.717) is 22.6 Å². The van der Waals surface area contributed by atoms with Gasteiger partial charge in [0.1, 0.15) is 18.5 Å². The first-order chi connectivity index (χ1) is 15.2. The zero-order chi connectivity index (χ0) is 23.3. The molecule has 0 bridgehead atoms. The summed E-state index contributed by atoms with van der Waals surface area (Å²) >= 11 is 0. The Kier molecular flexibility index (Phi) is 7.05. The van der Waals surface area contributed by atoms with Crippen LogP contribution in [0.3, 0.4) is 0 Å². The Labute approximate surface area is 186 Å². The Morgan fingerprint density at radius 2 is 1.97 bits per heavy atom. The summed E-state index contributed by atoms with van der Waals surface area (Å²) in [7, 11) is 0. The van der Waals surface area contributed by atoms with Crippen molar-refractivity contribution < 1.29 is 29.9 Å². The van der Waals surface area contributed by atoms with E-state index in [9.17, 15) is 22.4 Å². The fraction of sp³-hybridized carbons (Fsp3) is 0.250. The van der Waals surface area contributed by atoms with Crippen molar-refractivity contribution in [3.05, 3.63) is 88.8 Å². The SMILES string of the molecule is Cc1ccc(OCc2ccc(C(F)(F)F)cc2)cc1/C(=C\N)NC(=O)[C@H]1C=C=C[C@@H](F)C1.[HH].[HH]. The molecular formula is C24H26F4N2O2. The first kappa shape index (κ1) is 23.2. The van der Waals surface area contributed by atoms with Crippen LogP contribution in [0.2, 0.25) is 0 Å². The molecule has 0 unspecified atom stereocenters. The molecule has 0 aromatic heterocycles. The quantitative estimate of drug-likeness (QED) is 0.450. The van der Waals surface area contributed by atoms with E-state index in [1.165, 1.54) is 30.5 Å². The smallest absolute Gasteiger partial charge is 0.416 e. The Bertz CT molecular complexity index is 1080. The lowest BCUT2D eigenvalue weighted by molar-refractivity contribution is -0.137. The summed E-state index contributed by atoms with van der Waals surface area (Å²) in [5.74, 6) is -0.617. The third kappa shape index (κ3) is 5.80. The Hall–Kier alpha value is -3.51. The monoisotopic (exact) mass is 450 g/mol. The summed E-state index contributed by atoms with van der Waals surface area (Å²) in [6, 6.07) is 9.87. The summed E-state index contributed by atoms with van der Waals surface area (Å²) in [6.07, 6.45) is -1.57. The second kappa shape index (κ2) is 9.75. The maximum Gasteiger partial charge on any atom is 0.416 e. The normalized spacial score (nSPS) is 18.5. The Balaban J connectivity index is 0.00000289. The maximum absolute atomic E-state index is 13.5. The van der Waals surface area contributed by atoms with E-state index in [4.69, 9.17) is 10.5 Å². The molecule has 3 N–H and O–H groups in total. The van der Waals surface area contributed by atoms with Gasteiger partial charge in [-0.25, -0.2) is 4.39 Å². The standard InChI is InChI=1S/C24H22F4N2O2.2H2/c1-15-5-10-20(32-14-16-6-8-18(9-7-16)24(26,27)28)12-21(15)22(13-29)30-23(31)17-3-2-4-19(25)11-17;;/h3-10,12-13,17,19H,11,14,29H2,1H3,(H,30,31);2*1H/b22-13+;;/t17-,19+;;/m0../s1. The van der Waals surface area contributed by atoms with Crippen LogP contribution in [0.15, 0.2) is 66.5 Å². The van der Waals surface area contributed by atoms with Gasteiger partial charge in [0.05, 0.1) is 17.2 Å². The van der Waals surface area contributed by atoms with Crippen LogP contribution in [0.1, 0.15) is 31.5 Å². The van der Waals surface area contributed by atoms with Crippen molar-refractivity contribution in [2.45, 2.75) is 32.3 Å². The molecule has 2 aromatic rings. The molecule has 0 saturated heterocycles. The third-order valence-corrected chi connectivity index (χ3v) is 5.00. The average molecular weight is 450 g/mol. The number of halogens is 4. The van der Waals surface area contributed by atoms with Crippen LogP contribution in [-0.4, -0.2) is 12.1 Å². The molecule has 2 aromatic carbocycles. The highest BCUT2D eigenvalue weighted by molar-refractivity contribution is 5.90. The van der Waals surface area contributed by atoms with Gasteiger partial charge in [0.2, 0.25) is 5.91 Å². The van der Waals surface area contributed by atoms with Gasteiger partial charge in [0.25, 0.3) is 0 Å². The fourth-order valence-electron chi connectivity index (χ4n) is 3.20. The number of nitrogens with two attached hydrogens (primary N) is 1. The lowest BCUT2D eigenvalue weighted by Crippen LogP contribution is -2.31. The number of alkyl halides is 4. The molecule has 32 heavy (non-hydrogen) atoms. The first-order valence-electron chi connectivity index (χ1n) is 9.87. The molecule has 0 radical (unpaired) electrons. The largest absolute Gasteiger partial charge is 0.489 e. The number of hydrogen-bond donors (Lipinski definition) is 2. The van der Waals surface area contributed by atoms with Crippen molar-refractivity contribution in [1.82, 2.24) is 5.32 Å². The molecule has 0 saturated carbocycles. The van der Waals surface area contributed by atoms with Gasteiger partial charge in [-0.2, -0.15) is 13.2 Å². The van der Waals surface area contributed by atoms with Gasteiger partial charge in [-0.3, -0.25) is 4.79 Å². The zero-order valence-electron chi connectivity index (χ0n) is 17.2. The molecule has 0 fully saturated rings. The van der Waals surface area contributed by atoms with Gasteiger partial charge in [0, 0.05) is 14.6 Å². The summed E-state index contributed by atoms with van der Waals surface area (Å²) in [5.41, 5.74) is 9.97. The van der Waals surface area contributed by atoms with Gasteiger partial charge in [-0.15, -0.1) is 5.73 Å². The summed E-state index contributed by atoms with van der Waals surface area (Å²) in [4.78, 5) is 12.5. The number of ether oxygens (including phenoxy) is 1. The summed E-state index contributed by atoms with van der Waals surface area (Å²) in [5, 5.41) is 2.72. The summed E-state index contributed by atoms with van der Waals surface area (Å²) in [6.45, 7) is 1.89. The number of carbonyl (C=O) groups is 1. The van der Waals surface area contributed by atoms with Gasteiger partial charge < -0.3 is 15.8 Å². The van der Waals surface area contributed by atoms with E-state index >= 15 is 0 Å². The average Bonchev–Trinajstić information content (AvgIpc) is 2.76. The molecular weight excluding hydrogens is 424 g/mol. The van der Waals surface area contributed by atoms with Gasteiger partial charge in [-0.05, 0) is 60.9 Å². The number of amides is 1. The first-order valence-corrected chi connectivity index (χ1v) is 9.87. The third-order valence-electron chi connectivity index (χ3n) is 5.00. The molecule has 0 aliphatic heterocycles. The molecule has 1 aliphatic carbocycles. The maximum atomic E-state index is 13.5. The van der Waals surface area contributed by atoms with Crippen LogP contribution < -0.4 is 15.8 Å². The number of benzene rings is 2. The van der Waals surface area contributed by atoms with Crippen molar-refractivity contribution in [3.63, 3.8) is 0 Å². The van der Waals surface area contributed by atoms with Gasteiger partial charge in [0.15, 0.2) is 0 Å². The van der Waals surface area contributed by atoms with E-state index in [1.807, 2.05) is 6.92 Å². The van der Waals surface area contributed by atoms with Gasteiger partial charge in [-0.1, -0.05) is 18.2 Å². The predicted octanol–water partition coefficient (Wildman–Crippen LogP) is 5.53. The van der Waals surface area contributed by atoms with E-state index in [-0.39, 0.29) is 15.9 Å². The highest BCUT2D eigenvalue weighted by Crippen LogP contribution is 2.29. The second-order valence-corrected chi connectivity index (χ2v) is 7.39. The lowest BCUT2D eigenvalue weighted by atomic mass is 9.97. The number of nitrogens with one attached hydrogen (secondary N) is 1. The predicted molar refractivity (Wildman–Crippen MR) is 117 cm³/mol. The molecule has 8 heteroatoms. The van der Waals surface area contributed by atoms with Gasteiger partial charge >= 0.3 is 6.18 Å². The number of carbonyl (C=O) groups excluding carboxylic acids is 1. The molecule has 0 spiro atoms. The minimum absolute atomic E-state index is 0. The van der Waals surface area contributed by atoms with Crippen LogP contribution in [-0.2, 0) is 17.6 Å². The van der Waals surface area contributed by atoms with Crippen molar-refractivity contribution >= 4 is 11.6 Å². The van der Waals surface area contributed by atoms with E-state index in [2.05, 4.69) is 11.0 Å². The molecule has 4 nitrogen and oxygen atoms in total. The topological polar surface area (TPSA) is 64.3 Å². The second-order valence-electron chi connectivity index (χ2n) is 7.39. The van der Waals surface area contributed by atoms with Crippen molar-refractivity contribution in [3.8, 4) is 5.75 Å². The Morgan fingerprint density at radius 3 is 2.59 bits per heavy atom. The van der Waals surface area contributed by atoms with E-state index in [0.717, 1.165) is 17.7 Å². The number of rotatable bonds is 6. The zero-order valence-corrected chi connectivity index (χ0v) is 17.2. The highest BCUT2D eigenvalue weighted by Gasteiger charge is 2.30. The molecule has 1 aliphatic rings. The van der Waals surface area contributed by atoms with Crippen LogP contribution in [0.5, 0.6) is 5.75 Å². The van der Waals surface area contributed by atoms with Crippen molar-refractivity contribution in [1.29, 1.82) is 0 Å². The minimum Gasteiger partial charge on any atom is -0.489 e. The lowest BCUT2D eigenvalue weighted by Gasteiger charge is -2.18. The number of hydrogen-bond acceptors (Lipinski definition) is 3. The summed E-state index contributed by atoms with van der Waals surface area (Å²) < 4.78 is 57.3. The van der Waals surface area contributed by atoms with Crippen LogP contribution in [0.25, 0.3) is 5.70 Å². The minimum atomic E-state index is -4.39. The molecule has 172 valence electrons. The van der Waals surface area contributed by atoms with E-state index in [1.54, 1.807) is 18.2 Å². The molecule has 3 rings (SSSR count). The number of aryl methyl sites for hydroxylation is 1. The van der Waals surface area contributed by atoms with Crippen LogP contribution in [0.4, 0.5) is 17.6 Å². The Morgan fingerprint density at radius 1 is 1.25 bits per heavy atom. The highest BCUT2D eigenvalue weighted by atomic mass is 19.4. The molecule has 1 amide bonds. The molecule has 0 heterocycles. The van der Waals surface area contributed by atoms with Crippen LogP contribution in [0, 0.1) is 12.8 Å². The van der Waals surface area contributed by atoms with E-state index < -0.39 is 29.7 Å². The van der Waals surface area contributed by atoms with Crippen LogP contribution >= 0.6 is 0 Å². The fourth-order valence-corrected chi connectivity index (χ4v) is 3.20.